The van der Waals surface area contributed by atoms with Crippen LogP contribution in [0.3, 0.4) is 0 Å². The average molecular weight is 237 g/mol. The fourth-order valence-electron chi connectivity index (χ4n) is 3.16. The summed E-state index contributed by atoms with van der Waals surface area (Å²) in [4.78, 5) is 0. The Morgan fingerprint density at radius 2 is 2.24 bits per heavy atom. The Morgan fingerprint density at radius 3 is 2.88 bits per heavy atom. The molecular weight excluding hydrogens is 206 g/mol. The highest BCUT2D eigenvalue weighted by molar-refractivity contribution is 4.82. The van der Waals surface area contributed by atoms with Crippen molar-refractivity contribution in [2.45, 2.75) is 71.3 Å². The Balaban J connectivity index is 2.39. The number of rotatable bonds is 8. The fourth-order valence-corrected chi connectivity index (χ4v) is 3.16. The third-order valence-electron chi connectivity index (χ3n) is 4.13. The van der Waals surface area contributed by atoms with Gasteiger partial charge in [-0.25, -0.2) is 0 Å². The maximum atomic E-state index is 3.82. The van der Waals surface area contributed by atoms with E-state index in [1.807, 2.05) is 0 Å². The van der Waals surface area contributed by atoms with Crippen molar-refractivity contribution in [2.24, 2.45) is 11.8 Å². The highest BCUT2D eigenvalue weighted by Gasteiger charge is 2.25. The standard InChI is InChI=1S/C16H31N/c1-4-6-7-11-16(17-12-5-2)15-10-8-9-14(3)13-15/h4,14-17H,1,5-13H2,2-3H3. The quantitative estimate of drug-likeness (QED) is 0.483. The maximum Gasteiger partial charge on any atom is 0.00955 e. The lowest BCUT2D eigenvalue weighted by atomic mass is 9.77. The summed E-state index contributed by atoms with van der Waals surface area (Å²) in [6.07, 6.45) is 12.9. The van der Waals surface area contributed by atoms with Gasteiger partial charge in [-0.3, -0.25) is 0 Å². The molecule has 1 heteroatoms. The van der Waals surface area contributed by atoms with Gasteiger partial charge < -0.3 is 5.32 Å². The first-order valence-corrected chi connectivity index (χ1v) is 7.62. The SMILES string of the molecule is C=CCCCC(NCCC)C1CCCC(C)C1. The van der Waals surface area contributed by atoms with Gasteiger partial charge in [0.05, 0.1) is 0 Å². The molecule has 1 rings (SSSR count). The van der Waals surface area contributed by atoms with Crippen LogP contribution in [0.4, 0.5) is 0 Å². The Labute approximate surface area is 108 Å². The lowest BCUT2D eigenvalue weighted by molar-refractivity contribution is 0.213. The molecule has 1 aliphatic carbocycles. The third-order valence-corrected chi connectivity index (χ3v) is 4.13. The number of allylic oxidation sites excluding steroid dienone is 1. The van der Waals surface area contributed by atoms with Gasteiger partial charge in [-0.1, -0.05) is 32.8 Å². The molecule has 0 heterocycles. The van der Waals surface area contributed by atoms with E-state index in [2.05, 4.69) is 31.8 Å². The number of hydrogen-bond acceptors (Lipinski definition) is 1. The minimum Gasteiger partial charge on any atom is -0.314 e. The second kappa shape index (κ2) is 8.74. The van der Waals surface area contributed by atoms with E-state index in [-0.39, 0.29) is 0 Å². The molecule has 0 spiro atoms. The highest BCUT2D eigenvalue weighted by atomic mass is 14.9. The molecule has 1 N–H and O–H groups in total. The first-order chi connectivity index (χ1) is 8.27. The van der Waals surface area contributed by atoms with E-state index in [4.69, 9.17) is 0 Å². The smallest absolute Gasteiger partial charge is 0.00955 e. The molecule has 0 aromatic carbocycles. The Morgan fingerprint density at radius 1 is 1.41 bits per heavy atom. The lowest BCUT2D eigenvalue weighted by Crippen LogP contribution is -2.38. The maximum absolute atomic E-state index is 3.82. The van der Waals surface area contributed by atoms with Crippen molar-refractivity contribution in [3.63, 3.8) is 0 Å². The van der Waals surface area contributed by atoms with E-state index in [0.717, 1.165) is 17.9 Å². The first-order valence-electron chi connectivity index (χ1n) is 7.62. The van der Waals surface area contributed by atoms with Crippen LogP contribution in [-0.2, 0) is 0 Å². The van der Waals surface area contributed by atoms with Gasteiger partial charge in [0.15, 0.2) is 0 Å². The predicted molar refractivity (Wildman–Crippen MR) is 77.3 cm³/mol. The van der Waals surface area contributed by atoms with E-state index >= 15 is 0 Å². The van der Waals surface area contributed by atoms with Crippen LogP contribution in [0.2, 0.25) is 0 Å². The van der Waals surface area contributed by atoms with Crippen molar-refractivity contribution in [2.75, 3.05) is 6.54 Å². The van der Waals surface area contributed by atoms with Gasteiger partial charge in [-0.05, 0) is 56.9 Å². The zero-order valence-corrected chi connectivity index (χ0v) is 11.9. The first kappa shape index (κ1) is 14.8. The number of nitrogens with one attached hydrogen (secondary N) is 1. The fraction of sp³-hybridized carbons (Fsp3) is 0.875. The molecule has 0 aliphatic heterocycles. The van der Waals surface area contributed by atoms with Crippen LogP contribution >= 0.6 is 0 Å². The van der Waals surface area contributed by atoms with E-state index in [1.54, 1.807) is 0 Å². The van der Waals surface area contributed by atoms with Crippen molar-refractivity contribution >= 4 is 0 Å². The summed E-state index contributed by atoms with van der Waals surface area (Å²) in [6.45, 7) is 9.69. The predicted octanol–water partition coefficient (Wildman–Crippen LogP) is 4.54. The molecule has 17 heavy (non-hydrogen) atoms. The van der Waals surface area contributed by atoms with Gasteiger partial charge in [-0.15, -0.1) is 6.58 Å². The van der Waals surface area contributed by atoms with Gasteiger partial charge in [0.25, 0.3) is 0 Å². The summed E-state index contributed by atoms with van der Waals surface area (Å²) in [6, 6.07) is 0.762. The molecule has 1 fully saturated rings. The van der Waals surface area contributed by atoms with Crippen molar-refractivity contribution in [1.82, 2.24) is 5.32 Å². The van der Waals surface area contributed by atoms with Crippen molar-refractivity contribution in [3.05, 3.63) is 12.7 Å². The highest BCUT2D eigenvalue weighted by Crippen LogP contribution is 2.32. The van der Waals surface area contributed by atoms with Crippen molar-refractivity contribution in [3.8, 4) is 0 Å². The molecule has 1 aliphatic rings. The van der Waals surface area contributed by atoms with Crippen LogP contribution in [0.25, 0.3) is 0 Å². The van der Waals surface area contributed by atoms with Crippen LogP contribution in [0.1, 0.15) is 65.2 Å². The minimum atomic E-state index is 0.762. The van der Waals surface area contributed by atoms with Crippen LogP contribution < -0.4 is 5.32 Å². The van der Waals surface area contributed by atoms with Crippen LogP contribution in [0.5, 0.6) is 0 Å². The molecule has 0 saturated heterocycles. The second-order valence-electron chi connectivity index (χ2n) is 5.81. The van der Waals surface area contributed by atoms with Crippen molar-refractivity contribution in [1.29, 1.82) is 0 Å². The number of unbranched alkanes of at least 4 members (excludes halogenated alkanes) is 1. The van der Waals surface area contributed by atoms with Crippen molar-refractivity contribution < 1.29 is 0 Å². The molecule has 3 unspecified atom stereocenters. The largest absolute Gasteiger partial charge is 0.314 e. The van der Waals surface area contributed by atoms with Crippen LogP contribution in [-0.4, -0.2) is 12.6 Å². The van der Waals surface area contributed by atoms with E-state index < -0.39 is 0 Å². The van der Waals surface area contributed by atoms with Crippen LogP contribution in [0, 0.1) is 11.8 Å². The van der Waals surface area contributed by atoms with E-state index in [1.165, 1.54) is 57.9 Å². The van der Waals surface area contributed by atoms with Gasteiger partial charge in [0, 0.05) is 6.04 Å². The molecule has 3 atom stereocenters. The molecular formula is C16H31N. The zero-order valence-electron chi connectivity index (χ0n) is 11.9. The van der Waals surface area contributed by atoms with Crippen LogP contribution in [0.15, 0.2) is 12.7 Å². The molecule has 0 aromatic rings. The minimum absolute atomic E-state index is 0.762. The summed E-state index contributed by atoms with van der Waals surface area (Å²) in [5, 5.41) is 3.78. The summed E-state index contributed by atoms with van der Waals surface area (Å²) < 4.78 is 0. The summed E-state index contributed by atoms with van der Waals surface area (Å²) in [5.41, 5.74) is 0. The zero-order chi connectivity index (χ0) is 12.5. The summed E-state index contributed by atoms with van der Waals surface area (Å²) in [5.74, 6) is 1.87. The normalized spacial score (nSPS) is 26.7. The number of hydrogen-bond donors (Lipinski definition) is 1. The van der Waals surface area contributed by atoms with E-state index in [0.29, 0.717) is 0 Å². The summed E-state index contributed by atoms with van der Waals surface area (Å²) >= 11 is 0. The summed E-state index contributed by atoms with van der Waals surface area (Å²) in [7, 11) is 0. The molecule has 0 amide bonds. The second-order valence-corrected chi connectivity index (χ2v) is 5.81. The van der Waals surface area contributed by atoms with E-state index in [9.17, 15) is 0 Å². The Bertz CT molecular complexity index is 200. The Hall–Kier alpha value is -0.300. The molecule has 1 saturated carbocycles. The van der Waals surface area contributed by atoms with Gasteiger partial charge in [0.1, 0.15) is 0 Å². The molecule has 0 aromatic heterocycles. The molecule has 0 radical (unpaired) electrons. The average Bonchev–Trinajstić information content (AvgIpc) is 2.33. The monoisotopic (exact) mass is 237 g/mol. The Kier molecular flexibility index (Phi) is 7.59. The topological polar surface area (TPSA) is 12.0 Å². The third kappa shape index (κ3) is 5.72. The molecule has 100 valence electrons. The van der Waals surface area contributed by atoms with Gasteiger partial charge >= 0.3 is 0 Å². The molecule has 0 bridgehead atoms. The lowest BCUT2D eigenvalue weighted by Gasteiger charge is -2.34. The van der Waals surface area contributed by atoms with Gasteiger partial charge in [-0.2, -0.15) is 0 Å². The molecule has 1 nitrogen and oxygen atoms in total. The van der Waals surface area contributed by atoms with Gasteiger partial charge in [0.2, 0.25) is 0 Å².